The molecule has 2 unspecified atom stereocenters. The topological polar surface area (TPSA) is 59.7 Å². The number of ether oxygens (including phenoxy) is 1. The molecule has 0 radical (unpaired) electrons. The molecule has 4 rings (SSSR count). The van der Waals surface area contributed by atoms with E-state index in [2.05, 4.69) is 25.9 Å². The molecular weight excluding hydrogens is 372 g/mol. The number of halogens is 2. The summed E-state index contributed by atoms with van der Waals surface area (Å²) in [7, 11) is 0. The number of aromatic nitrogens is 3. The Hall–Kier alpha value is -1.18. The van der Waals surface area contributed by atoms with E-state index in [1.54, 1.807) is 6.20 Å². The van der Waals surface area contributed by atoms with Gasteiger partial charge in [-0.05, 0) is 28.8 Å². The second-order valence-corrected chi connectivity index (χ2v) is 6.80. The van der Waals surface area contributed by atoms with E-state index in [-0.39, 0.29) is 24.5 Å². The number of hydrogen-bond acceptors (Lipinski definition) is 4. The van der Waals surface area contributed by atoms with Crippen LogP contribution < -0.4 is 0 Å². The summed E-state index contributed by atoms with van der Waals surface area (Å²) in [5.41, 5.74) is 0.773. The largest absolute Gasteiger partial charge is 0.369 e. The number of nitrogens with zero attached hydrogens (tertiary/aromatic N) is 4. The summed E-state index contributed by atoms with van der Waals surface area (Å²) in [5.74, 6) is 1.18. The van der Waals surface area contributed by atoms with Gasteiger partial charge in [-0.2, -0.15) is 0 Å². The van der Waals surface area contributed by atoms with Gasteiger partial charge in [-0.1, -0.05) is 11.6 Å². The van der Waals surface area contributed by atoms with Gasteiger partial charge in [0.05, 0.1) is 12.6 Å². The van der Waals surface area contributed by atoms with Crippen LogP contribution in [-0.2, 0) is 9.53 Å². The molecule has 8 heteroatoms. The van der Waals surface area contributed by atoms with Crippen molar-refractivity contribution in [1.82, 2.24) is 19.3 Å². The van der Waals surface area contributed by atoms with Crippen LogP contribution in [0.15, 0.2) is 17.0 Å². The lowest BCUT2D eigenvalue weighted by atomic mass is 9.91. The van der Waals surface area contributed by atoms with Gasteiger partial charge in [0, 0.05) is 24.9 Å². The van der Waals surface area contributed by atoms with Crippen LogP contribution in [0.3, 0.4) is 0 Å². The summed E-state index contributed by atoms with van der Waals surface area (Å²) in [6.45, 7) is 1.50. The number of hydrogen-bond donors (Lipinski definition) is 0. The minimum absolute atomic E-state index is 0.0700. The number of carbonyl (C=O) groups excluding carboxylic acids is 1. The smallest absolute Gasteiger partial charge is 0.248 e. The van der Waals surface area contributed by atoms with E-state index in [0.29, 0.717) is 22.9 Å². The molecule has 0 saturated carbocycles. The van der Waals surface area contributed by atoms with Crippen LogP contribution in [0.2, 0.25) is 5.15 Å². The van der Waals surface area contributed by atoms with Crippen LogP contribution in [0.1, 0.15) is 24.6 Å². The average molecular weight is 386 g/mol. The summed E-state index contributed by atoms with van der Waals surface area (Å²) in [5, 5.41) is 0.421. The quantitative estimate of drug-likeness (QED) is 0.755. The van der Waals surface area contributed by atoms with Crippen molar-refractivity contribution in [1.29, 1.82) is 0 Å². The minimum atomic E-state index is 0.0700. The Balaban J connectivity index is 1.71. The predicted molar refractivity (Wildman–Crippen MR) is 84.0 cm³/mol. The third-order valence-corrected chi connectivity index (χ3v) is 5.25. The molecule has 0 aliphatic carbocycles. The van der Waals surface area contributed by atoms with Crippen molar-refractivity contribution < 1.29 is 9.53 Å². The molecule has 0 bridgehead atoms. The average Bonchev–Trinajstić information content (AvgIpc) is 2.86. The second kappa shape index (κ2) is 5.47. The Bertz CT molecular complexity index is 750. The Morgan fingerprint density at radius 3 is 3.14 bits per heavy atom. The molecule has 2 aromatic rings. The Morgan fingerprint density at radius 2 is 2.27 bits per heavy atom. The first-order valence-electron chi connectivity index (χ1n) is 7.20. The monoisotopic (exact) mass is 384 g/mol. The molecule has 2 atom stereocenters. The molecule has 0 spiro atoms. The van der Waals surface area contributed by atoms with E-state index in [4.69, 9.17) is 16.3 Å². The molecule has 1 amide bonds. The highest BCUT2D eigenvalue weighted by Gasteiger charge is 2.36. The number of fused-ring (bicyclic) bond motifs is 2. The lowest BCUT2D eigenvalue weighted by Crippen LogP contribution is -2.53. The van der Waals surface area contributed by atoms with E-state index in [0.717, 1.165) is 24.2 Å². The van der Waals surface area contributed by atoms with Crippen molar-refractivity contribution in [3.8, 4) is 0 Å². The first kappa shape index (κ1) is 14.4. The van der Waals surface area contributed by atoms with Crippen LogP contribution in [0, 0.1) is 0 Å². The molecule has 6 nitrogen and oxygen atoms in total. The summed E-state index contributed by atoms with van der Waals surface area (Å²) in [6, 6.07) is 0.206. The third kappa shape index (κ3) is 2.23. The van der Waals surface area contributed by atoms with Gasteiger partial charge in [0.25, 0.3) is 0 Å². The normalized spacial score (nSPS) is 25.5. The van der Waals surface area contributed by atoms with E-state index < -0.39 is 0 Å². The van der Waals surface area contributed by atoms with E-state index in [1.807, 2.05) is 15.5 Å². The molecule has 2 fully saturated rings. The zero-order valence-corrected chi connectivity index (χ0v) is 14.0. The van der Waals surface area contributed by atoms with Gasteiger partial charge in [-0.15, -0.1) is 0 Å². The van der Waals surface area contributed by atoms with Gasteiger partial charge in [0.1, 0.15) is 22.6 Å². The van der Waals surface area contributed by atoms with Crippen molar-refractivity contribution >= 4 is 39.0 Å². The number of piperidine rings is 1. The van der Waals surface area contributed by atoms with Crippen molar-refractivity contribution in [3.63, 3.8) is 0 Å². The lowest BCUT2D eigenvalue weighted by Gasteiger charge is -2.41. The standard InChI is InChI=1S/C14H14BrClN4O2/c15-12-11-13(16)17-3-4-19(11)14(18-12)8-1-2-9-6-22-7-10(21)20(9)5-8/h3-4,8-9H,1-2,5-7H2. The molecule has 22 heavy (non-hydrogen) atoms. The number of amides is 1. The van der Waals surface area contributed by atoms with Gasteiger partial charge in [-0.3, -0.25) is 9.20 Å². The summed E-state index contributed by atoms with van der Waals surface area (Å²) >= 11 is 9.62. The number of morpholine rings is 1. The highest BCUT2D eigenvalue weighted by Crippen LogP contribution is 2.34. The molecule has 0 N–H and O–H groups in total. The fraction of sp³-hybridized carbons (Fsp3) is 0.500. The molecule has 2 aliphatic rings. The zero-order valence-electron chi connectivity index (χ0n) is 11.7. The zero-order chi connectivity index (χ0) is 15.3. The summed E-state index contributed by atoms with van der Waals surface area (Å²) in [4.78, 5) is 22.7. The third-order valence-electron chi connectivity index (χ3n) is 4.42. The van der Waals surface area contributed by atoms with Gasteiger partial charge in [0.2, 0.25) is 5.91 Å². The Morgan fingerprint density at radius 1 is 1.41 bits per heavy atom. The number of imidazole rings is 1. The summed E-state index contributed by atoms with van der Waals surface area (Å²) < 4.78 is 8.00. The molecule has 116 valence electrons. The fourth-order valence-corrected chi connectivity index (χ4v) is 4.26. The van der Waals surface area contributed by atoms with E-state index in [1.165, 1.54) is 0 Å². The predicted octanol–water partition coefficient (Wildman–Crippen LogP) is 2.25. The van der Waals surface area contributed by atoms with Gasteiger partial charge in [-0.25, -0.2) is 9.97 Å². The number of carbonyl (C=O) groups is 1. The first-order valence-corrected chi connectivity index (χ1v) is 8.37. The van der Waals surface area contributed by atoms with Crippen molar-refractivity contribution in [2.45, 2.75) is 24.8 Å². The van der Waals surface area contributed by atoms with Crippen molar-refractivity contribution in [3.05, 3.63) is 28.0 Å². The minimum Gasteiger partial charge on any atom is -0.369 e. The molecule has 2 aromatic heterocycles. The van der Waals surface area contributed by atoms with Gasteiger partial charge < -0.3 is 9.64 Å². The van der Waals surface area contributed by atoms with Crippen molar-refractivity contribution in [2.75, 3.05) is 19.8 Å². The van der Waals surface area contributed by atoms with Crippen LogP contribution in [0.4, 0.5) is 0 Å². The Labute approximate surface area is 140 Å². The SMILES string of the molecule is O=C1COCC2CCC(c3nc(Br)c4c(Cl)nccn34)CN12. The maximum Gasteiger partial charge on any atom is 0.248 e. The lowest BCUT2D eigenvalue weighted by molar-refractivity contribution is -0.150. The van der Waals surface area contributed by atoms with Crippen LogP contribution in [0.25, 0.3) is 5.52 Å². The number of rotatable bonds is 1. The molecular formula is C14H14BrClN4O2. The van der Waals surface area contributed by atoms with Crippen LogP contribution in [-0.4, -0.2) is 51.0 Å². The summed E-state index contributed by atoms with van der Waals surface area (Å²) in [6.07, 6.45) is 5.44. The first-order chi connectivity index (χ1) is 10.6. The molecule has 4 heterocycles. The van der Waals surface area contributed by atoms with Crippen LogP contribution in [0.5, 0.6) is 0 Å². The highest BCUT2D eigenvalue weighted by molar-refractivity contribution is 9.10. The molecule has 2 aliphatic heterocycles. The van der Waals surface area contributed by atoms with Gasteiger partial charge in [0.15, 0.2) is 5.15 Å². The van der Waals surface area contributed by atoms with E-state index >= 15 is 0 Å². The molecule has 0 aromatic carbocycles. The molecule has 2 saturated heterocycles. The maximum absolute atomic E-state index is 12.1. The van der Waals surface area contributed by atoms with Crippen molar-refractivity contribution in [2.24, 2.45) is 0 Å². The van der Waals surface area contributed by atoms with Crippen LogP contribution >= 0.6 is 27.5 Å². The Kier molecular flexibility index (Phi) is 3.58. The maximum atomic E-state index is 12.1. The van der Waals surface area contributed by atoms with Gasteiger partial charge >= 0.3 is 0 Å². The fourth-order valence-electron chi connectivity index (χ4n) is 3.35. The second-order valence-electron chi connectivity index (χ2n) is 5.69. The van der Waals surface area contributed by atoms with E-state index in [9.17, 15) is 4.79 Å². The highest BCUT2D eigenvalue weighted by atomic mass is 79.9.